The third kappa shape index (κ3) is 1.01. The molecule has 1 unspecified atom stereocenters. The summed E-state index contributed by atoms with van der Waals surface area (Å²) in [5, 5.41) is 0. The number of rotatable bonds is 0. The first-order chi connectivity index (χ1) is 4.63. The number of alkyl halides is 1. The minimum absolute atomic E-state index is 0.403. The summed E-state index contributed by atoms with van der Waals surface area (Å²) in [6.45, 7) is 3.45. The van der Waals surface area contributed by atoms with Gasteiger partial charge in [-0.2, -0.15) is 0 Å². The van der Waals surface area contributed by atoms with E-state index in [1.54, 1.807) is 19.9 Å². The Morgan fingerprint density at radius 3 is 2.60 bits per heavy atom. The van der Waals surface area contributed by atoms with Gasteiger partial charge in [-0.3, -0.25) is 4.79 Å². The van der Waals surface area contributed by atoms with E-state index in [1.807, 2.05) is 0 Å². The van der Waals surface area contributed by atoms with Crippen molar-refractivity contribution in [1.82, 2.24) is 0 Å². The van der Waals surface area contributed by atoms with Crippen LogP contribution >= 0.6 is 0 Å². The maximum Gasteiger partial charge on any atom is 0.196 e. The Kier molecular flexibility index (Phi) is 1.70. The van der Waals surface area contributed by atoms with Crippen molar-refractivity contribution in [3.8, 4) is 0 Å². The van der Waals surface area contributed by atoms with E-state index in [4.69, 9.17) is 0 Å². The molecule has 0 heterocycles. The van der Waals surface area contributed by atoms with Crippen LogP contribution in [0, 0.1) is 0 Å². The average Bonchev–Trinajstić information content (AvgIpc) is 1.93. The second kappa shape index (κ2) is 2.37. The topological polar surface area (TPSA) is 17.1 Å². The lowest BCUT2D eigenvalue weighted by atomic mass is 9.98. The number of Topliss-reactive ketones (excluding diaryl/α,β-unsaturated/α-hetero) is 1. The zero-order valence-corrected chi connectivity index (χ0v) is 6.02. The second-order valence-electron chi connectivity index (χ2n) is 2.43. The summed E-state index contributed by atoms with van der Waals surface area (Å²) in [6, 6.07) is 0. The van der Waals surface area contributed by atoms with Gasteiger partial charge in [0.05, 0.1) is 0 Å². The van der Waals surface area contributed by atoms with E-state index in [1.165, 1.54) is 6.08 Å². The monoisotopic (exact) mass is 140 g/mol. The number of halogens is 1. The molecule has 2 heteroatoms. The first kappa shape index (κ1) is 7.19. The summed E-state index contributed by atoms with van der Waals surface area (Å²) >= 11 is 0. The van der Waals surface area contributed by atoms with Gasteiger partial charge in [-0.25, -0.2) is 4.39 Å². The van der Waals surface area contributed by atoms with E-state index in [0.717, 1.165) is 5.57 Å². The SMILES string of the molecule is CC1=C(C)C(=O)C(F)C=C1. The van der Waals surface area contributed by atoms with Gasteiger partial charge in [0.25, 0.3) is 0 Å². The molecule has 0 saturated heterocycles. The number of hydrogen-bond acceptors (Lipinski definition) is 1. The third-order valence-corrected chi connectivity index (χ3v) is 1.73. The standard InChI is InChI=1S/C8H9FO/c1-5-3-4-7(9)8(10)6(5)2/h3-4,7H,1-2H3. The van der Waals surface area contributed by atoms with Crippen LogP contribution in [0.3, 0.4) is 0 Å². The van der Waals surface area contributed by atoms with Crippen LogP contribution in [0.2, 0.25) is 0 Å². The fraction of sp³-hybridized carbons (Fsp3) is 0.375. The van der Waals surface area contributed by atoms with Crippen LogP contribution in [0.1, 0.15) is 13.8 Å². The van der Waals surface area contributed by atoms with Gasteiger partial charge in [0.2, 0.25) is 0 Å². The molecule has 0 aromatic carbocycles. The Balaban J connectivity index is 3.00. The summed E-state index contributed by atoms with van der Waals surface area (Å²) in [4.78, 5) is 10.9. The Bertz CT molecular complexity index is 225. The van der Waals surface area contributed by atoms with Gasteiger partial charge in [-0.15, -0.1) is 0 Å². The van der Waals surface area contributed by atoms with Crippen LogP contribution in [0.5, 0.6) is 0 Å². The van der Waals surface area contributed by atoms with Crippen molar-refractivity contribution >= 4 is 5.78 Å². The Labute approximate surface area is 59.2 Å². The van der Waals surface area contributed by atoms with Gasteiger partial charge in [0.15, 0.2) is 12.0 Å². The van der Waals surface area contributed by atoms with Crippen LogP contribution in [-0.4, -0.2) is 12.0 Å². The van der Waals surface area contributed by atoms with Gasteiger partial charge >= 0.3 is 0 Å². The lowest BCUT2D eigenvalue weighted by Gasteiger charge is -2.09. The summed E-state index contributed by atoms with van der Waals surface area (Å²) in [5.41, 5.74) is 1.40. The molecular formula is C8H9FO. The van der Waals surface area contributed by atoms with E-state index in [2.05, 4.69) is 0 Å². The molecule has 0 fully saturated rings. The molecule has 0 N–H and O–H groups in total. The van der Waals surface area contributed by atoms with Crippen LogP contribution in [-0.2, 0) is 4.79 Å². The minimum Gasteiger partial charge on any atom is -0.291 e. The van der Waals surface area contributed by atoms with Gasteiger partial charge in [-0.1, -0.05) is 6.08 Å². The highest BCUT2D eigenvalue weighted by molar-refractivity contribution is 6.01. The zero-order chi connectivity index (χ0) is 7.72. The van der Waals surface area contributed by atoms with E-state index in [0.29, 0.717) is 5.57 Å². The lowest BCUT2D eigenvalue weighted by Crippen LogP contribution is -2.17. The predicted octanol–water partition coefficient (Wildman–Crippen LogP) is 1.80. The Morgan fingerprint density at radius 2 is 2.10 bits per heavy atom. The van der Waals surface area contributed by atoms with Crippen molar-refractivity contribution in [2.75, 3.05) is 0 Å². The van der Waals surface area contributed by atoms with Crippen molar-refractivity contribution < 1.29 is 9.18 Å². The molecule has 1 nitrogen and oxygen atoms in total. The number of ketones is 1. The van der Waals surface area contributed by atoms with Crippen molar-refractivity contribution in [2.24, 2.45) is 0 Å². The molecule has 0 saturated carbocycles. The van der Waals surface area contributed by atoms with E-state index < -0.39 is 12.0 Å². The molecule has 10 heavy (non-hydrogen) atoms. The molecule has 0 spiro atoms. The smallest absolute Gasteiger partial charge is 0.196 e. The lowest BCUT2D eigenvalue weighted by molar-refractivity contribution is -0.118. The quantitative estimate of drug-likeness (QED) is 0.501. The molecule has 0 aromatic rings. The van der Waals surface area contributed by atoms with Crippen molar-refractivity contribution in [2.45, 2.75) is 20.0 Å². The first-order valence-electron chi connectivity index (χ1n) is 3.17. The molecule has 0 aromatic heterocycles. The highest BCUT2D eigenvalue weighted by Crippen LogP contribution is 2.16. The van der Waals surface area contributed by atoms with Crippen LogP contribution < -0.4 is 0 Å². The fourth-order valence-corrected chi connectivity index (χ4v) is 0.842. The molecule has 1 aliphatic rings. The average molecular weight is 140 g/mol. The summed E-state index contributed by atoms with van der Waals surface area (Å²) in [5.74, 6) is -0.403. The normalized spacial score (nSPS) is 25.9. The third-order valence-electron chi connectivity index (χ3n) is 1.73. The number of hydrogen-bond donors (Lipinski definition) is 0. The van der Waals surface area contributed by atoms with Crippen LogP contribution in [0.15, 0.2) is 23.3 Å². The number of carbonyl (C=O) groups is 1. The maximum absolute atomic E-state index is 12.5. The van der Waals surface area contributed by atoms with Gasteiger partial charge < -0.3 is 0 Å². The molecule has 0 radical (unpaired) electrons. The fourth-order valence-electron chi connectivity index (χ4n) is 0.842. The highest BCUT2D eigenvalue weighted by Gasteiger charge is 2.19. The largest absolute Gasteiger partial charge is 0.291 e. The zero-order valence-electron chi connectivity index (χ0n) is 6.02. The number of carbonyl (C=O) groups excluding carboxylic acids is 1. The van der Waals surface area contributed by atoms with Crippen molar-refractivity contribution in [1.29, 1.82) is 0 Å². The first-order valence-corrected chi connectivity index (χ1v) is 3.17. The van der Waals surface area contributed by atoms with Crippen molar-refractivity contribution in [3.05, 3.63) is 23.3 Å². The molecule has 0 amide bonds. The summed E-state index contributed by atoms with van der Waals surface area (Å²) < 4.78 is 12.5. The molecule has 0 aliphatic heterocycles. The van der Waals surface area contributed by atoms with Crippen LogP contribution in [0.25, 0.3) is 0 Å². The van der Waals surface area contributed by atoms with Crippen LogP contribution in [0.4, 0.5) is 4.39 Å². The molecule has 0 bridgehead atoms. The molecule has 54 valence electrons. The number of allylic oxidation sites excluding steroid dienone is 4. The summed E-state index contributed by atoms with van der Waals surface area (Å²) in [6.07, 6.45) is 1.51. The Morgan fingerprint density at radius 1 is 1.50 bits per heavy atom. The van der Waals surface area contributed by atoms with Gasteiger partial charge in [0.1, 0.15) is 0 Å². The molecule has 1 rings (SSSR count). The molecular weight excluding hydrogens is 131 g/mol. The van der Waals surface area contributed by atoms with Crippen molar-refractivity contribution in [3.63, 3.8) is 0 Å². The second-order valence-corrected chi connectivity index (χ2v) is 2.43. The maximum atomic E-state index is 12.5. The van der Waals surface area contributed by atoms with Gasteiger partial charge in [0, 0.05) is 0 Å². The highest BCUT2D eigenvalue weighted by atomic mass is 19.1. The minimum atomic E-state index is -1.41. The summed E-state index contributed by atoms with van der Waals surface area (Å²) in [7, 11) is 0. The van der Waals surface area contributed by atoms with Gasteiger partial charge in [-0.05, 0) is 31.1 Å². The van der Waals surface area contributed by atoms with E-state index >= 15 is 0 Å². The molecule has 1 aliphatic carbocycles. The Hall–Kier alpha value is -0.920. The molecule has 1 atom stereocenters. The predicted molar refractivity (Wildman–Crippen MR) is 37.4 cm³/mol. The van der Waals surface area contributed by atoms with E-state index in [9.17, 15) is 9.18 Å². The van der Waals surface area contributed by atoms with E-state index in [-0.39, 0.29) is 0 Å².